The summed E-state index contributed by atoms with van der Waals surface area (Å²) in [5, 5.41) is 13.2. The third-order valence-electron chi connectivity index (χ3n) is 4.48. The molecule has 1 aliphatic heterocycles. The van der Waals surface area contributed by atoms with Crippen LogP contribution >= 0.6 is 0 Å². The van der Waals surface area contributed by atoms with Gasteiger partial charge < -0.3 is 15.3 Å². The van der Waals surface area contributed by atoms with Crippen LogP contribution < -0.4 is 10.2 Å². The van der Waals surface area contributed by atoms with Crippen molar-refractivity contribution < 1.29 is 12.8 Å². The molecule has 0 unspecified atom stereocenters. The number of hydrogen-bond donors (Lipinski definition) is 2. The van der Waals surface area contributed by atoms with Gasteiger partial charge in [-0.1, -0.05) is 17.9 Å². The average molecular weight is 383 g/mol. The second kappa shape index (κ2) is 8.51. The Kier molecular flexibility index (Phi) is 6.08. The second-order valence-electron chi connectivity index (χ2n) is 7.47. The Bertz CT molecular complexity index is 925. The van der Waals surface area contributed by atoms with E-state index in [9.17, 15) is 9.90 Å². The van der Waals surface area contributed by atoms with Crippen LogP contribution in [0.4, 0.5) is 5.82 Å². The average Bonchev–Trinajstić information content (AvgIpc) is 2.96. The van der Waals surface area contributed by atoms with Crippen LogP contribution in [-0.2, 0) is 0 Å². The van der Waals surface area contributed by atoms with Crippen LogP contribution in [0.15, 0.2) is 30.5 Å². The summed E-state index contributed by atoms with van der Waals surface area (Å²) in [5.41, 5.74) is 0.986. The van der Waals surface area contributed by atoms with Gasteiger partial charge in [0, 0.05) is 45.5 Å². The van der Waals surface area contributed by atoms with E-state index in [4.69, 9.17) is 0 Å². The Labute approximate surface area is 169 Å². The molecule has 0 aliphatic carbocycles. The molecular formula is C22H30N4O2. The summed E-state index contributed by atoms with van der Waals surface area (Å²) in [7, 11) is 0. The predicted octanol–water partition coefficient (Wildman–Crippen LogP) is 2.43. The number of rotatable bonds is 3. The van der Waals surface area contributed by atoms with Crippen LogP contribution in [0, 0.1) is 18.8 Å². The first-order valence-electron chi connectivity index (χ1n) is 9.53. The summed E-state index contributed by atoms with van der Waals surface area (Å²) in [6, 6.07) is 7.26. The minimum absolute atomic E-state index is 0. The van der Waals surface area contributed by atoms with Crippen LogP contribution in [0.3, 0.4) is 0 Å². The van der Waals surface area contributed by atoms with Crippen molar-refractivity contribution in [1.82, 2.24) is 15.3 Å². The van der Waals surface area contributed by atoms with Gasteiger partial charge in [-0.3, -0.25) is 9.78 Å². The van der Waals surface area contributed by atoms with E-state index in [1.165, 1.54) is 0 Å². The number of hydrogen-bond acceptors (Lipinski definition) is 6. The minimum atomic E-state index is -1.10. The molecule has 2 N–H and O–H groups in total. The smallest absolute Gasteiger partial charge is 0.213 e. The molecular weight excluding hydrogens is 352 g/mol. The van der Waals surface area contributed by atoms with Crippen molar-refractivity contribution in [1.29, 1.82) is 0 Å². The highest BCUT2D eigenvalue weighted by atomic mass is 16.3. The van der Waals surface area contributed by atoms with Gasteiger partial charge in [-0.25, -0.2) is 4.98 Å². The molecule has 0 bridgehead atoms. The number of carbonyl (C=O) groups is 1. The van der Waals surface area contributed by atoms with Gasteiger partial charge in [0.2, 0.25) is 5.78 Å². The molecule has 1 aliphatic rings. The molecule has 3 rings (SSSR count). The van der Waals surface area contributed by atoms with E-state index >= 15 is 0 Å². The molecule has 2 aromatic heterocycles. The fourth-order valence-corrected chi connectivity index (χ4v) is 3.00. The van der Waals surface area contributed by atoms with Crippen LogP contribution in [0.2, 0.25) is 0 Å². The van der Waals surface area contributed by atoms with Gasteiger partial charge in [-0.15, -0.1) is 0 Å². The van der Waals surface area contributed by atoms with E-state index in [0.29, 0.717) is 22.5 Å². The first kappa shape index (κ1) is 20.0. The summed E-state index contributed by atoms with van der Waals surface area (Å²) >= 11 is 0. The number of carbonyl (C=O) groups excluding carboxylic acids is 1. The molecule has 28 heavy (non-hydrogen) atoms. The van der Waals surface area contributed by atoms with Gasteiger partial charge in [-0.05, 0) is 51.9 Å². The van der Waals surface area contributed by atoms with Crippen molar-refractivity contribution in [3.05, 3.63) is 53.0 Å². The third-order valence-corrected chi connectivity index (χ3v) is 4.48. The van der Waals surface area contributed by atoms with Crippen molar-refractivity contribution >= 4 is 11.6 Å². The molecule has 0 radical (unpaired) electrons. The monoisotopic (exact) mass is 382 g/mol. The van der Waals surface area contributed by atoms with E-state index in [2.05, 4.69) is 32.0 Å². The molecule has 3 heterocycles. The summed E-state index contributed by atoms with van der Waals surface area (Å²) < 4.78 is 0. The molecule has 1 saturated heterocycles. The third kappa shape index (κ3) is 5.16. The second-order valence-corrected chi connectivity index (χ2v) is 7.47. The number of aliphatic hydroxyl groups is 1. The topological polar surface area (TPSA) is 78.4 Å². The summed E-state index contributed by atoms with van der Waals surface area (Å²) in [4.78, 5) is 24.2. The van der Waals surface area contributed by atoms with E-state index < -0.39 is 5.60 Å². The lowest BCUT2D eigenvalue weighted by atomic mass is 10.0. The van der Waals surface area contributed by atoms with Crippen LogP contribution in [0.5, 0.6) is 0 Å². The summed E-state index contributed by atoms with van der Waals surface area (Å²) in [6.45, 7) is 8.71. The molecule has 0 saturated carbocycles. The fraction of sp³-hybridized carbons (Fsp3) is 0.409. The summed E-state index contributed by atoms with van der Waals surface area (Å²) in [6.07, 6.45) is 2.66. The largest absolute Gasteiger partial charge is 0.378 e. The maximum absolute atomic E-state index is 13.1. The maximum Gasteiger partial charge on any atom is 0.213 e. The Morgan fingerprint density at radius 2 is 2.14 bits per heavy atom. The maximum atomic E-state index is 13.1. The molecule has 0 atom stereocenters. The normalized spacial score (nSPS) is 14.8. The van der Waals surface area contributed by atoms with Crippen molar-refractivity contribution in [3.8, 4) is 11.8 Å². The van der Waals surface area contributed by atoms with Crippen molar-refractivity contribution in [3.63, 3.8) is 0 Å². The molecule has 150 valence electrons. The first-order valence-corrected chi connectivity index (χ1v) is 9.53. The molecule has 1 fully saturated rings. The van der Waals surface area contributed by atoms with Crippen molar-refractivity contribution in [2.45, 2.75) is 32.8 Å². The van der Waals surface area contributed by atoms with E-state index in [-0.39, 0.29) is 8.64 Å². The zero-order chi connectivity index (χ0) is 20.1. The van der Waals surface area contributed by atoms with Gasteiger partial charge in [0.25, 0.3) is 0 Å². The zero-order valence-electron chi connectivity index (χ0n) is 16.6. The van der Waals surface area contributed by atoms with Crippen LogP contribution in [0.25, 0.3) is 0 Å². The summed E-state index contributed by atoms with van der Waals surface area (Å²) in [5.74, 6) is 6.27. The van der Waals surface area contributed by atoms with Crippen molar-refractivity contribution in [2.75, 3.05) is 31.1 Å². The number of anilines is 1. The lowest BCUT2D eigenvalue weighted by Gasteiger charge is -2.21. The molecule has 0 amide bonds. The van der Waals surface area contributed by atoms with Crippen LogP contribution in [0.1, 0.15) is 50.4 Å². The zero-order valence-corrected chi connectivity index (χ0v) is 16.6. The van der Waals surface area contributed by atoms with Gasteiger partial charge in [0.15, 0.2) is 0 Å². The Balaban J connectivity index is 0.00000225. The van der Waals surface area contributed by atoms with Gasteiger partial charge >= 0.3 is 0 Å². The van der Waals surface area contributed by atoms with Gasteiger partial charge in [0.05, 0.1) is 0 Å². The highest BCUT2D eigenvalue weighted by molar-refractivity contribution is 6.08. The number of ketones is 1. The quantitative estimate of drug-likeness (QED) is 0.627. The minimum Gasteiger partial charge on any atom is -0.378 e. The highest BCUT2D eigenvalue weighted by Gasteiger charge is 2.17. The Morgan fingerprint density at radius 3 is 2.93 bits per heavy atom. The lowest BCUT2D eigenvalue weighted by molar-refractivity contribution is 0.103. The molecule has 6 nitrogen and oxygen atoms in total. The molecule has 6 heteroatoms. The number of nitrogens with one attached hydrogen (secondary N) is 1. The molecule has 0 spiro atoms. The van der Waals surface area contributed by atoms with Crippen LogP contribution in [-0.4, -0.2) is 52.6 Å². The Hall–Kier alpha value is -2.75. The van der Waals surface area contributed by atoms with Gasteiger partial charge in [-0.2, -0.15) is 0 Å². The van der Waals surface area contributed by atoms with E-state index in [1.54, 1.807) is 39.1 Å². The number of aryl methyl sites for hydroxylation is 1. The fourth-order valence-electron chi connectivity index (χ4n) is 3.00. The number of pyridine rings is 2. The molecule has 0 aromatic carbocycles. The van der Waals surface area contributed by atoms with Gasteiger partial charge in [0.1, 0.15) is 17.1 Å². The number of aromatic nitrogens is 2. The van der Waals surface area contributed by atoms with E-state index in [1.807, 2.05) is 12.1 Å². The standard InChI is InChI=1S/C22H26N4O2.2H2/c1-16-18(14-17(15-24-16)8-9-22(2,3)28)21(27)19-6-4-7-20(25-19)26-12-5-10-23-11-13-26;;/h4,6-7,14-15,23,28H,5,10-13H2,1-3H3;2*1H. The Morgan fingerprint density at radius 1 is 1.32 bits per heavy atom. The first-order chi connectivity index (χ1) is 13.3. The predicted molar refractivity (Wildman–Crippen MR) is 114 cm³/mol. The highest BCUT2D eigenvalue weighted by Crippen LogP contribution is 2.17. The SMILES string of the molecule is Cc1ncc(C#CC(C)(C)O)cc1C(=O)c1cccc(N2CCCNCC2)n1.[HH].[HH]. The molecule has 2 aromatic rings. The van der Waals surface area contributed by atoms with E-state index in [0.717, 1.165) is 38.4 Å². The number of nitrogens with zero attached hydrogens (tertiary/aromatic N) is 3. The van der Waals surface area contributed by atoms with Crippen molar-refractivity contribution in [2.24, 2.45) is 0 Å². The lowest BCUT2D eigenvalue weighted by Crippen LogP contribution is -2.29.